The van der Waals surface area contributed by atoms with Crippen LogP contribution in [0.3, 0.4) is 0 Å². The molecule has 1 aliphatic carbocycles. The van der Waals surface area contributed by atoms with Gasteiger partial charge in [-0.05, 0) is 36.3 Å². The third-order valence-corrected chi connectivity index (χ3v) is 6.64. The van der Waals surface area contributed by atoms with Crippen LogP contribution in [-0.4, -0.2) is 16.9 Å². The van der Waals surface area contributed by atoms with Gasteiger partial charge in [0.15, 0.2) is 0 Å². The van der Waals surface area contributed by atoms with Crippen molar-refractivity contribution in [3.8, 4) is 11.3 Å². The Bertz CT molecular complexity index is 1010. The first-order chi connectivity index (χ1) is 14.1. The lowest BCUT2D eigenvalue weighted by Gasteiger charge is -2.34. The second-order valence-corrected chi connectivity index (χ2v) is 8.40. The van der Waals surface area contributed by atoms with Gasteiger partial charge < -0.3 is 5.32 Å². The van der Waals surface area contributed by atoms with E-state index in [1.807, 2.05) is 42.5 Å². The van der Waals surface area contributed by atoms with Crippen LogP contribution in [0.1, 0.15) is 56.0 Å². The van der Waals surface area contributed by atoms with Gasteiger partial charge in [-0.2, -0.15) is 0 Å². The minimum atomic E-state index is 0.0450. The number of nitrogens with one attached hydrogen (secondary N) is 1. The first-order valence-corrected chi connectivity index (χ1v) is 10.9. The predicted octanol–water partition coefficient (Wildman–Crippen LogP) is 6.02. The Balaban J connectivity index is 1.83. The molecule has 0 saturated heterocycles. The molecular formula is C26H30N2O. The topological polar surface area (TPSA) is 42.0 Å². The highest BCUT2D eigenvalue weighted by Crippen LogP contribution is 2.33. The van der Waals surface area contributed by atoms with Crippen LogP contribution in [0, 0.1) is 11.8 Å². The van der Waals surface area contributed by atoms with Gasteiger partial charge in [-0.25, -0.2) is 4.98 Å². The Hall–Kier alpha value is -2.68. The molecule has 0 aliphatic heterocycles. The fourth-order valence-corrected chi connectivity index (χ4v) is 4.72. The molecule has 1 heterocycles. The number of carbonyl (C=O) groups is 1. The molecule has 0 spiro atoms. The zero-order chi connectivity index (χ0) is 20.4. The number of fused-ring (bicyclic) bond motifs is 1. The Labute approximate surface area is 173 Å². The van der Waals surface area contributed by atoms with E-state index in [4.69, 9.17) is 4.98 Å². The minimum Gasteiger partial charge on any atom is -0.349 e. The van der Waals surface area contributed by atoms with Crippen molar-refractivity contribution in [2.45, 2.75) is 52.5 Å². The van der Waals surface area contributed by atoms with Crippen molar-refractivity contribution in [1.82, 2.24) is 10.3 Å². The van der Waals surface area contributed by atoms with Crippen molar-refractivity contribution in [2.24, 2.45) is 11.8 Å². The van der Waals surface area contributed by atoms with Gasteiger partial charge in [-0.3, -0.25) is 4.79 Å². The number of amides is 1. The SMILES string of the molecule is CCc1c(-c2ccccc2)nc2ccccc2c1C(=O)N[C@@H]1CCC[C@H](C)[C@@H]1C. The lowest BCUT2D eigenvalue weighted by atomic mass is 9.78. The molecule has 3 nitrogen and oxygen atoms in total. The Morgan fingerprint density at radius 1 is 1.03 bits per heavy atom. The number of aromatic nitrogens is 1. The lowest BCUT2D eigenvalue weighted by molar-refractivity contribution is 0.0892. The number of hydrogen-bond donors (Lipinski definition) is 1. The molecule has 2 aromatic carbocycles. The smallest absolute Gasteiger partial charge is 0.252 e. The van der Waals surface area contributed by atoms with Gasteiger partial charge in [0.1, 0.15) is 0 Å². The van der Waals surface area contributed by atoms with E-state index in [1.165, 1.54) is 12.8 Å². The average Bonchev–Trinajstić information content (AvgIpc) is 2.76. The molecular weight excluding hydrogens is 356 g/mol. The van der Waals surface area contributed by atoms with E-state index < -0.39 is 0 Å². The second-order valence-electron chi connectivity index (χ2n) is 8.40. The summed E-state index contributed by atoms with van der Waals surface area (Å²) in [5.74, 6) is 1.19. The molecule has 3 heteroatoms. The van der Waals surface area contributed by atoms with Gasteiger partial charge in [0, 0.05) is 17.0 Å². The van der Waals surface area contributed by atoms with E-state index in [9.17, 15) is 4.79 Å². The average molecular weight is 387 g/mol. The van der Waals surface area contributed by atoms with E-state index in [0.29, 0.717) is 11.8 Å². The highest BCUT2D eigenvalue weighted by atomic mass is 16.1. The third-order valence-electron chi connectivity index (χ3n) is 6.64. The maximum Gasteiger partial charge on any atom is 0.252 e. The van der Waals surface area contributed by atoms with Crippen LogP contribution >= 0.6 is 0 Å². The molecule has 1 saturated carbocycles. The second kappa shape index (κ2) is 8.36. The van der Waals surface area contributed by atoms with E-state index in [2.05, 4.69) is 38.2 Å². The summed E-state index contributed by atoms with van der Waals surface area (Å²) in [6.07, 6.45) is 4.27. The largest absolute Gasteiger partial charge is 0.349 e. The number of para-hydroxylation sites is 1. The number of rotatable bonds is 4. The normalized spacial score (nSPS) is 21.8. The van der Waals surface area contributed by atoms with Crippen LogP contribution < -0.4 is 5.32 Å². The van der Waals surface area contributed by atoms with Crippen LogP contribution in [0.15, 0.2) is 54.6 Å². The summed E-state index contributed by atoms with van der Waals surface area (Å²) in [7, 11) is 0. The number of nitrogens with zero attached hydrogens (tertiary/aromatic N) is 1. The number of hydrogen-bond acceptors (Lipinski definition) is 2. The van der Waals surface area contributed by atoms with Crippen LogP contribution in [0.4, 0.5) is 0 Å². The molecule has 1 aliphatic rings. The van der Waals surface area contributed by atoms with Gasteiger partial charge in [-0.1, -0.05) is 82.1 Å². The zero-order valence-corrected chi connectivity index (χ0v) is 17.6. The van der Waals surface area contributed by atoms with Crippen LogP contribution in [0.25, 0.3) is 22.2 Å². The van der Waals surface area contributed by atoms with Gasteiger partial charge in [0.2, 0.25) is 0 Å². The quantitative estimate of drug-likeness (QED) is 0.596. The van der Waals surface area contributed by atoms with Crippen LogP contribution in [0.5, 0.6) is 0 Å². The van der Waals surface area contributed by atoms with Gasteiger partial charge in [0.25, 0.3) is 5.91 Å². The highest BCUT2D eigenvalue weighted by molar-refractivity contribution is 6.09. The molecule has 3 atom stereocenters. The van der Waals surface area contributed by atoms with E-state index in [1.54, 1.807) is 0 Å². The molecule has 1 aromatic heterocycles. The summed E-state index contributed by atoms with van der Waals surface area (Å²) in [6.45, 7) is 6.69. The first-order valence-electron chi connectivity index (χ1n) is 10.9. The summed E-state index contributed by atoms with van der Waals surface area (Å²) in [6, 6.07) is 18.5. The monoisotopic (exact) mass is 386 g/mol. The summed E-state index contributed by atoms with van der Waals surface area (Å²) in [5, 5.41) is 4.34. The Morgan fingerprint density at radius 3 is 2.52 bits per heavy atom. The van der Waals surface area contributed by atoms with Crippen molar-refractivity contribution < 1.29 is 4.79 Å². The van der Waals surface area contributed by atoms with Crippen LogP contribution in [-0.2, 0) is 6.42 Å². The van der Waals surface area contributed by atoms with Crippen molar-refractivity contribution in [2.75, 3.05) is 0 Å². The molecule has 1 N–H and O–H groups in total. The fraction of sp³-hybridized carbons (Fsp3) is 0.385. The molecule has 150 valence electrons. The minimum absolute atomic E-state index is 0.0450. The van der Waals surface area contributed by atoms with Crippen molar-refractivity contribution in [1.29, 1.82) is 0 Å². The standard InChI is InChI=1S/C26H30N2O/c1-4-20-24(26(29)28-22-16-10-11-17(2)18(22)3)21-14-8-9-15-23(21)27-25(20)19-12-6-5-7-13-19/h5-9,12-15,17-18,22H,4,10-11,16H2,1-3H3,(H,28,29)/t17-,18-,22+/m0/s1. The Kier molecular flexibility index (Phi) is 5.66. The summed E-state index contributed by atoms with van der Waals surface area (Å²) in [5.41, 5.74) is 4.68. The molecule has 4 rings (SSSR count). The molecule has 0 radical (unpaired) electrons. The fourth-order valence-electron chi connectivity index (χ4n) is 4.72. The molecule has 1 amide bonds. The molecule has 1 fully saturated rings. The lowest BCUT2D eigenvalue weighted by Crippen LogP contribution is -2.44. The van der Waals surface area contributed by atoms with Gasteiger partial charge in [-0.15, -0.1) is 0 Å². The molecule has 3 aromatic rings. The maximum atomic E-state index is 13.6. The van der Waals surface area contributed by atoms with Crippen molar-refractivity contribution in [3.63, 3.8) is 0 Å². The van der Waals surface area contributed by atoms with Crippen LogP contribution in [0.2, 0.25) is 0 Å². The summed E-state index contributed by atoms with van der Waals surface area (Å²) >= 11 is 0. The number of carbonyl (C=O) groups excluding carboxylic acids is 1. The van der Waals surface area contributed by atoms with Crippen molar-refractivity contribution >= 4 is 16.8 Å². The summed E-state index contributed by atoms with van der Waals surface area (Å²) in [4.78, 5) is 18.6. The molecule has 0 unspecified atom stereocenters. The third kappa shape index (κ3) is 3.78. The van der Waals surface area contributed by atoms with E-state index in [0.717, 1.165) is 46.1 Å². The molecule has 29 heavy (non-hydrogen) atoms. The van der Waals surface area contributed by atoms with E-state index >= 15 is 0 Å². The zero-order valence-electron chi connectivity index (χ0n) is 17.6. The number of benzene rings is 2. The first kappa shape index (κ1) is 19.6. The predicted molar refractivity (Wildman–Crippen MR) is 120 cm³/mol. The van der Waals surface area contributed by atoms with Gasteiger partial charge >= 0.3 is 0 Å². The molecule has 0 bridgehead atoms. The Morgan fingerprint density at radius 2 is 1.76 bits per heavy atom. The number of pyridine rings is 1. The van der Waals surface area contributed by atoms with Gasteiger partial charge in [0.05, 0.1) is 16.8 Å². The highest BCUT2D eigenvalue weighted by Gasteiger charge is 2.30. The summed E-state index contributed by atoms with van der Waals surface area (Å²) < 4.78 is 0. The van der Waals surface area contributed by atoms with Crippen molar-refractivity contribution in [3.05, 3.63) is 65.7 Å². The maximum absolute atomic E-state index is 13.6. The van der Waals surface area contributed by atoms with E-state index in [-0.39, 0.29) is 11.9 Å².